The maximum Gasteiger partial charge on any atom is 0.253 e. The molecule has 0 aliphatic carbocycles. The van der Waals surface area contributed by atoms with Gasteiger partial charge in [-0.1, -0.05) is 30.3 Å². The van der Waals surface area contributed by atoms with Gasteiger partial charge in [0.15, 0.2) is 0 Å². The van der Waals surface area contributed by atoms with Crippen LogP contribution in [-0.2, 0) is 19.9 Å². The molecule has 2 amide bonds. The summed E-state index contributed by atoms with van der Waals surface area (Å²) >= 11 is 0. The van der Waals surface area contributed by atoms with Gasteiger partial charge in [0.1, 0.15) is 11.6 Å². The van der Waals surface area contributed by atoms with Crippen molar-refractivity contribution in [2.24, 2.45) is 0 Å². The van der Waals surface area contributed by atoms with E-state index < -0.39 is 11.6 Å². The molecule has 112 valence electrons. The number of ether oxygens (including phenoxy) is 1. The van der Waals surface area contributed by atoms with E-state index in [-0.39, 0.29) is 17.9 Å². The summed E-state index contributed by atoms with van der Waals surface area (Å²) in [7, 11) is 0. The van der Waals surface area contributed by atoms with Crippen LogP contribution in [0.1, 0.15) is 25.8 Å². The molecule has 3 unspecified atom stereocenters. The fourth-order valence-electron chi connectivity index (χ4n) is 3.16. The molecular formula is C16H20N2O3. The molecule has 2 aliphatic heterocycles. The minimum Gasteiger partial charge on any atom is -0.379 e. The van der Waals surface area contributed by atoms with E-state index in [2.05, 4.69) is 5.32 Å². The largest absolute Gasteiger partial charge is 0.379 e. The lowest BCUT2D eigenvalue weighted by Gasteiger charge is -2.45. The fourth-order valence-corrected chi connectivity index (χ4v) is 3.16. The number of hydrogen-bond donors (Lipinski definition) is 1. The SMILES string of the molecule is CC1C(=O)NC(C)(c2ccccc2)C(=O)N1C1CCOC1. The summed E-state index contributed by atoms with van der Waals surface area (Å²) in [6, 6.07) is 8.92. The highest BCUT2D eigenvalue weighted by atomic mass is 16.5. The number of piperazine rings is 1. The van der Waals surface area contributed by atoms with E-state index >= 15 is 0 Å². The Morgan fingerprint density at radius 1 is 1.29 bits per heavy atom. The molecule has 0 bridgehead atoms. The Morgan fingerprint density at radius 3 is 2.62 bits per heavy atom. The molecule has 2 fully saturated rings. The first-order chi connectivity index (χ1) is 10.0. The number of rotatable bonds is 2. The Bertz CT molecular complexity index is 554. The van der Waals surface area contributed by atoms with Gasteiger partial charge in [-0.25, -0.2) is 0 Å². The van der Waals surface area contributed by atoms with E-state index in [1.54, 1.807) is 18.7 Å². The van der Waals surface area contributed by atoms with E-state index in [1.165, 1.54) is 0 Å². The van der Waals surface area contributed by atoms with Crippen LogP contribution < -0.4 is 5.32 Å². The van der Waals surface area contributed by atoms with Gasteiger partial charge in [-0.2, -0.15) is 0 Å². The Labute approximate surface area is 124 Å². The molecule has 0 saturated carbocycles. The van der Waals surface area contributed by atoms with Crippen LogP contribution in [0.2, 0.25) is 0 Å². The molecule has 2 heterocycles. The molecule has 5 nitrogen and oxygen atoms in total. The molecule has 21 heavy (non-hydrogen) atoms. The lowest BCUT2D eigenvalue weighted by Crippen LogP contribution is -2.68. The third-order valence-electron chi connectivity index (χ3n) is 4.48. The third kappa shape index (κ3) is 2.21. The zero-order valence-electron chi connectivity index (χ0n) is 12.3. The highest BCUT2D eigenvalue weighted by Gasteiger charge is 2.50. The van der Waals surface area contributed by atoms with E-state index in [9.17, 15) is 9.59 Å². The predicted octanol–water partition coefficient (Wildman–Crippen LogP) is 1.04. The monoisotopic (exact) mass is 288 g/mol. The van der Waals surface area contributed by atoms with Crippen molar-refractivity contribution in [3.05, 3.63) is 35.9 Å². The second kappa shape index (κ2) is 5.15. The van der Waals surface area contributed by atoms with Gasteiger partial charge in [0.2, 0.25) is 5.91 Å². The van der Waals surface area contributed by atoms with Crippen LogP contribution >= 0.6 is 0 Å². The van der Waals surface area contributed by atoms with Crippen molar-refractivity contribution in [2.75, 3.05) is 13.2 Å². The van der Waals surface area contributed by atoms with Crippen molar-refractivity contribution in [1.29, 1.82) is 0 Å². The van der Waals surface area contributed by atoms with Crippen LogP contribution in [0.15, 0.2) is 30.3 Å². The van der Waals surface area contributed by atoms with Crippen molar-refractivity contribution >= 4 is 11.8 Å². The Hall–Kier alpha value is -1.88. The topological polar surface area (TPSA) is 58.6 Å². The minimum atomic E-state index is -1.01. The van der Waals surface area contributed by atoms with Gasteiger partial charge >= 0.3 is 0 Å². The number of nitrogens with one attached hydrogen (secondary N) is 1. The van der Waals surface area contributed by atoms with Crippen LogP contribution in [0, 0.1) is 0 Å². The van der Waals surface area contributed by atoms with Crippen molar-refractivity contribution in [3.8, 4) is 0 Å². The molecule has 2 aliphatic rings. The summed E-state index contributed by atoms with van der Waals surface area (Å²) in [6.45, 7) is 4.70. The van der Waals surface area contributed by atoms with Crippen LogP contribution in [0.4, 0.5) is 0 Å². The Balaban J connectivity index is 1.99. The number of amides is 2. The van der Waals surface area contributed by atoms with Gasteiger partial charge < -0.3 is 15.0 Å². The van der Waals surface area contributed by atoms with E-state index in [1.807, 2.05) is 30.3 Å². The van der Waals surface area contributed by atoms with Crippen LogP contribution in [0.3, 0.4) is 0 Å². The van der Waals surface area contributed by atoms with E-state index in [4.69, 9.17) is 4.74 Å². The molecule has 2 saturated heterocycles. The third-order valence-corrected chi connectivity index (χ3v) is 4.48. The molecule has 1 N–H and O–H groups in total. The van der Waals surface area contributed by atoms with Crippen LogP contribution in [0.25, 0.3) is 0 Å². The molecule has 1 aromatic rings. The van der Waals surface area contributed by atoms with Crippen molar-refractivity contribution in [2.45, 2.75) is 37.9 Å². The molecule has 3 atom stereocenters. The highest BCUT2D eigenvalue weighted by Crippen LogP contribution is 2.31. The van der Waals surface area contributed by atoms with E-state index in [0.717, 1.165) is 12.0 Å². The molecule has 5 heteroatoms. The summed E-state index contributed by atoms with van der Waals surface area (Å²) in [5.74, 6) is -0.177. The van der Waals surface area contributed by atoms with Gasteiger partial charge in [-0.3, -0.25) is 9.59 Å². The summed E-state index contributed by atoms with van der Waals surface area (Å²) in [5.41, 5.74) is -0.202. The number of carbonyl (C=O) groups is 2. The van der Waals surface area contributed by atoms with Gasteiger partial charge in [-0.05, 0) is 25.8 Å². The number of hydrogen-bond acceptors (Lipinski definition) is 3. The summed E-state index contributed by atoms with van der Waals surface area (Å²) in [5, 5.41) is 2.89. The van der Waals surface area contributed by atoms with Gasteiger partial charge in [0, 0.05) is 6.61 Å². The predicted molar refractivity (Wildman–Crippen MR) is 77.5 cm³/mol. The maximum absolute atomic E-state index is 13.0. The molecule has 1 aromatic carbocycles. The number of benzene rings is 1. The van der Waals surface area contributed by atoms with Crippen molar-refractivity contribution in [3.63, 3.8) is 0 Å². The lowest BCUT2D eigenvalue weighted by molar-refractivity contribution is -0.157. The highest BCUT2D eigenvalue weighted by molar-refractivity contribution is 6.00. The first-order valence-electron chi connectivity index (χ1n) is 7.32. The lowest BCUT2D eigenvalue weighted by atomic mass is 9.86. The normalized spacial score (nSPS) is 33.1. The average Bonchev–Trinajstić information content (AvgIpc) is 3.00. The Morgan fingerprint density at radius 2 is 2.00 bits per heavy atom. The van der Waals surface area contributed by atoms with Gasteiger partial charge in [0.05, 0.1) is 12.6 Å². The molecule has 0 spiro atoms. The smallest absolute Gasteiger partial charge is 0.253 e. The average molecular weight is 288 g/mol. The van der Waals surface area contributed by atoms with Gasteiger partial charge in [-0.15, -0.1) is 0 Å². The second-order valence-corrected chi connectivity index (χ2v) is 5.89. The van der Waals surface area contributed by atoms with Crippen molar-refractivity contribution < 1.29 is 14.3 Å². The summed E-state index contributed by atoms with van der Waals surface area (Å²) in [4.78, 5) is 27.1. The van der Waals surface area contributed by atoms with E-state index in [0.29, 0.717) is 13.2 Å². The van der Waals surface area contributed by atoms with Crippen LogP contribution in [0.5, 0.6) is 0 Å². The zero-order valence-corrected chi connectivity index (χ0v) is 12.3. The molecular weight excluding hydrogens is 268 g/mol. The number of nitrogens with zero attached hydrogens (tertiary/aromatic N) is 1. The molecule has 0 radical (unpaired) electrons. The molecule has 3 rings (SSSR count). The van der Waals surface area contributed by atoms with Gasteiger partial charge in [0.25, 0.3) is 5.91 Å². The Kier molecular flexibility index (Phi) is 3.45. The fraction of sp³-hybridized carbons (Fsp3) is 0.500. The van der Waals surface area contributed by atoms with Crippen molar-refractivity contribution in [1.82, 2.24) is 10.2 Å². The standard InChI is InChI=1S/C16H20N2O3/c1-11-14(19)17-16(2,12-6-4-3-5-7-12)15(20)18(11)13-8-9-21-10-13/h3-7,11,13H,8-10H2,1-2H3,(H,17,19). The maximum atomic E-state index is 13.0. The quantitative estimate of drug-likeness (QED) is 0.884. The minimum absolute atomic E-state index is 0.0124. The first-order valence-corrected chi connectivity index (χ1v) is 7.32. The summed E-state index contributed by atoms with van der Waals surface area (Å²) in [6.07, 6.45) is 0.786. The van der Waals surface area contributed by atoms with Crippen LogP contribution in [-0.4, -0.2) is 42.0 Å². The second-order valence-electron chi connectivity index (χ2n) is 5.89. The first kappa shape index (κ1) is 14.1. The number of carbonyl (C=O) groups excluding carboxylic acids is 2. The molecule has 0 aromatic heterocycles. The summed E-state index contributed by atoms with van der Waals surface area (Å²) < 4.78 is 5.39. The zero-order chi connectivity index (χ0) is 15.0.